The Hall–Kier alpha value is -4.01. The van der Waals surface area contributed by atoms with Gasteiger partial charge in [-0.2, -0.15) is 0 Å². The van der Waals surface area contributed by atoms with Crippen LogP contribution >= 0.6 is 22.9 Å². The number of halogens is 1. The average molecular weight is 811 g/mol. The van der Waals surface area contributed by atoms with Crippen molar-refractivity contribution in [1.82, 2.24) is 14.9 Å². The Kier molecular flexibility index (Phi) is 14.1. The summed E-state index contributed by atoms with van der Waals surface area (Å²) in [6.45, 7) is 6.98. The highest BCUT2D eigenvalue weighted by Crippen LogP contribution is 2.50. The number of primary amides is 1. The summed E-state index contributed by atoms with van der Waals surface area (Å²) in [5.41, 5.74) is 5.65. The molecular weight excluding hydrogens is 756 g/mol. The van der Waals surface area contributed by atoms with Gasteiger partial charge >= 0.3 is 0 Å². The number of fused-ring (bicyclic) bond motifs is 3. The molecule has 1 aromatic carbocycles. The SMILES string of the molecule is COc1ccc2c(OC3CC4C(OC=O)=NC5(C)CC5CCCCCCCC(OC5CCCC5)C(=O)N4C3)cc(-c3csc(NC(C)C)n3)nc2c1Cl.NC=O. The molecule has 2 saturated carbocycles. The maximum absolute atomic E-state index is 14.7. The van der Waals surface area contributed by atoms with Crippen LogP contribution in [0.2, 0.25) is 5.02 Å². The van der Waals surface area contributed by atoms with E-state index in [1.54, 1.807) is 18.1 Å². The summed E-state index contributed by atoms with van der Waals surface area (Å²) in [5.74, 6) is 1.67. The maximum atomic E-state index is 14.7. The molecule has 2 amide bonds. The number of carbonyl (C=O) groups is 3. The van der Waals surface area contributed by atoms with E-state index in [0.717, 1.165) is 69.3 Å². The first kappa shape index (κ1) is 41.6. The minimum Gasteiger partial charge on any atom is -0.495 e. The molecule has 2 aliphatic carbocycles. The minimum atomic E-state index is -0.588. The largest absolute Gasteiger partial charge is 0.495 e. The van der Waals surface area contributed by atoms with Gasteiger partial charge in [-0.1, -0.05) is 56.5 Å². The number of nitrogens with zero attached hydrogens (tertiary/aromatic N) is 4. The van der Waals surface area contributed by atoms with E-state index < -0.39 is 18.2 Å². The number of aromatic nitrogens is 2. The molecule has 15 heteroatoms. The third kappa shape index (κ3) is 9.92. The minimum absolute atomic E-state index is 0.0787. The third-order valence-electron chi connectivity index (χ3n) is 11.2. The first-order valence-electron chi connectivity index (χ1n) is 19.9. The maximum Gasteiger partial charge on any atom is 0.299 e. The van der Waals surface area contributed by atoms with Crippen molar-refractivity contribution in [2.24, 2.45) is 16.6 Å². The van der Waals surface area contributed by atoms with Crippen LogP contribution in [0.3, 0.4) is 0 Å². The molecular formula is C41H55ClN6O7S. The number of methoxy groups -OCH3 is 1. The molecule has 3 fully saturated rings. The summed E-state index contributed by atoms with van der Waals surface area (Å²) >= 11 is 8.38. The van der Waals surface area contributed by atoms with Crippen LogP contribution in [0.5, 0.6) is 11.5 Å². The van der Waals surface area contributed by atoms with Crippen molar-refractivity contribution in [3.05, 3.63) is 28.6 Å². The zero-order valence-corrected chi connectivity index (χ0v) is 34.4. The Labute approximate surface area is 338 Å². The molecule has 13 nitrogen and oxygen atoms in total. The predicted octanol–water partition coefficient (Wildman–Crippen LogP) is 7.71. The van der Waals surface area contributed by atoms with Crippen molar-refractivity contribution in [2.75, 3.05) is 19.0 Å². The summed E-state index contributed by atoms with van der Waals surface area (Å²) < 4.78 is 24.7. The summed E-state index contributed by atoms with van der Waals surface area (Å²) in [6, 6.07) is 5.21. The molecule has 2 aromatic heterocycles. The number of benzene rings is 1. The fourth-order valence-electron chi connectivity index (χ4n) is 8.25. The van der Waals surface area contributed by atoms with Crippen molar-refractivity contribution >= 4 is 63.7 Å². The van der Waals surface area contributed by atoms with E-state index in [-0.39, 0.29) is 42.4 Å². The Morgan fingerprint density at radius 3 is 2.43 bits per heavy atom. The molecule has 0 spiro atoms. The van der Waals surface area contributed by atoms with E-state index in [1.165, 1.54) is 17.8 Å². The number of pyridine rings is 1. The number of anilines is 1. The van der Waals surface area contributed by atoms with E-state index in [9.17, 15) is 9.59 Å². The van der Waals surface area contributed by atoms with Crippen molar-refractivity contribution in [3.63, 3.8) is 0 Å². The number of amides is 2. The van der Waals surface area contributed by atoms with Gasteiger partial charge < -0.3 is 34.9 Å². The number of rotatable bonds is 9. The molecule has 4 aliphatic rings. The van der Waals surface area contributed by atoms with Crippen molar-refractivity contribution in [2.45, 2.75) is 140 Å². The van der Waals surface area contributed by atoms with Crippen LogP contribution in [0.15, 0.2) is 28.6 Å². The van der Waals surface area contributed by atoms with E-state index >= 15 is 0 Å². The molecule has 56 heavy (non-hydrogen) atoms. The van der Waals surface area contributed by atoms with Crippen LogP contribution in [0.4, 0.5) is 5.13 Å². The van der Waals surface area contributed by atoms with Gasteiger partial charge in [0.25, 0.3) is 12.4 Å². The van der Waals surface area contributed by atoms with E-state index in [0.29, 0.717) is 64.0 Å². The van der Waals surface area contributed by atoms with Crippen LogP contribution < -0.4 is 20.5 Å². The lowest BCUT2D eigenvalue weighted by Gasteiger charge is -2.30. The van der Waals surface area contributed by atoms with Gasteiger partial charge in [0, 0.05) is 29.3 Å². The summed E-state index contributed by atoms with van der Waals surface area (Å²) in [7, 11) is 1.57. The number of hydrogen-bond acceptors (Lipinski definition) is 12. The molecule has 0 radical (unpaired) electrons. The number of nitrogens with one attached hydrogen (secondary N) is 1. The van der Waals surface area contributed by atoms with Crippen molar-refractivity contribution in [1.29, 1.82) is 0 Å². The number of aliphatic imine (C=N–C) groups is 1. The van der Waals surface area contributed by atoms with Crippen LogP contribution in [-0.4, -0.2) is 89.1 Å². The molecule has 3 N–H and O–H groups in total. The second kappa shape index (κ2) is 19.0. The van der Waals surface area contributed by atoms with Gasteiger partial charge in [-0.15, -0.1) is 11.3 Å². The third-order valence-corrected chi connectivity index (χ3v) is 12.4. The first-order valence-corrected chi connectivity index (χ1v) is 21.2. The Balaban J connectivity index is 0.00000172. The molecule has 3 aromatic rings. The Bertz CT molecular complexity index is 1870. The summed E-state index contributed by atoms with van der Waals surface area (Å²) in [4.78, 5) is 51.9. The molecule has 2 aliphatic heterocycles. The molecule has 5 atom stereocenters. The van der Waals surface area contributed by atoms with Crippen LogP contribution in [0, 0.1) is 5.92 Å². The highest BCUT2D eigenvalue weighted by Gasteiger charge is 2.52. The van der Waals surface area contributed by atoms with Crippen LogP contribution in [-0.2, 0) is 23.9 Å². The van der Waals surface area contributed by atoms with Gasteiger partial charge in [0.2, 0.25) is 12.3 Å². The zero-order chi connectivity index (χ0) is 39.8. The van der Waals surface area contributed by atoms with Gasteiger partial charge in [-0.3, -0.25) is 14.4 Å². The van der Waals surface area contributed by atoms with Crippen molar-refractivity contribution < 1.29 is 33.3 Å². The number of ether oxygens (including phenoxy) is 4. The predicted molar refractivity (Wildman–Crippen MR) is 219 cm³/mol. The summed E-state index contributed by atoms with van der Waals surface area (Å²) in [5, 5.41) is 7.18. The lowest BCUT2D eigenvalue weighted by Crippen LogP contribution is -2.48. The smallest absolute Gasteiger partial charge is 0.299 e. The lowest BCUT2D eigenvalue weighted by molar-refractivity contribution is -0.148. The van der Waals surface area contributed by atoms with Gasteiger partial charge in [0.15, 0.2) is 5.13 Å². The molecule has 1 saturated heterocycles. The molecule has 0 bridgehead atoms. The van der Waals surface area contributed by atoms with Crippen LogP contribution in [0.1, 0.15) is 104 Å². The van der Waals surface area contributed by atoms with E-state index in [2.05, 4.69) is 31.8 Å². The molecule has 5 unspecified atom stereocenters. The highest BCUT2D eigenvalue weighted by molar-refractivity contribution is 7.14. The quantitative estimate of drug-likeness (QED) is 0.204. The van der Waals surface area contributed by atoms with Gasteiger partial charge in [-0.25, -0.2) is 15.0 Å². The summed E-state index contributed by atoms with van der Waals surface area (Å²) in [6.07, 6.45) is 12.0. The monoisotopic (exact) mass is 810 g/mol. The Morgan fingerprint density at radius 2 is 1.71 bits per heavy atom. The second-order valence-electron chi connectivity index (χ2n) is 15.7. The molecule has 304 valence electrons. The van der Waals surface area contributed by atoms with E-state index in [1.807, 2.05) is 17.5 Å². The fraction of sp³-hybridized carbons (Fsp3) is 0.610. The highest BCUT2D eigenvalue weighted by atomic mass is 35.5. The normalized spacial score (nSPS) is 25.9. The van der Waals surface area contributed by atoms with Gasteiger partial charge in [0.05, 0.1) is 36.5 Å². The average Bonchev–Trinajstić information content (AvgIpc) is 3.67. The standard InChI is InChI=1S/C40H52ClN5O6S.CH3NO/c1-24(2)42-39-44-30(22-53-39)29-19-34(28-16-17-32(49-4)35(41)36(28)43-29)52-27-18-31-37(50-23-47)45-40(3)20-25(40)12-8-6-5-7-9-15-33(38(48)46(31)21-27)51-26-13-10-11-14-26;2-1-3/h16-17,19,22-27,31,33H,5-15,18,20-21H2,1-4H3,(H,42,44);1H,(H2,2,3). The van der Waals surface area contributed by atoms with Gasteiger partial charge in [-0.05, 0) is 70.9 Å². The number of thiazole rings is 1. The Morgan fingerprint density at radius 1 is 1.00 bits per heavy atom. The van der Waals surface area contributed by atoms with Crippen LogP contribution in [0.25, 0.3) is 22.3 Å². The first-order chi connectivity index (χ1) is 27.1. The molecule has 7 rings (SSSR count). The molecule has 4 heterocycles. The topological polar surface area (TPSA) is 168 Å². The number of hydrogen-bond donors (Lipinski definition) is 2. The fourth-order valence-corrected chi connectivity index (χ4v) is 9.39. The lowest BCUT2D eigenvalue weighted by atomic mass is 10.0. The second-order valence-corrected chi connectivity index (χ2v) is 17.0. The number of carbonyl (C=O) groups excluding carboxylic acids is 3. The van der Waals surface area contributed by atoms with Gasteiger partial charge in [0.1, 0.15) is 40.5 Å². The number of nitrogens with two attached hydrogens (primary N) is 1. The van der Waals surface area contributed by atoms with E-state index in [4.69, 9.17) is 50.3 Å². The van der Waals surface area contributed by atoms with Crippen molar-refractivity contribution in [3.8, 4) is 22.9 Å². The zero-order valence-electron chi connectivity index (χ0n) is 32.8.